The fourth-order valence-electron chi connectivity index (χ4n) is 2.92. The zero-order chi connectivity index (χ0) is 12.6. The van der Waals surface area contributed by atoms with E-state index in [-0.39, 0.29) is 5.41 Å². The minimum absolute atomic E-state index is 0.220. The van der Waals surface area contributed by atoms with Crippen molar-refractivity contribution in [3.63, 3.8) is 0 Å². The number of hydrogen-bond acceptors (Lipinski definition) is 1. The third-order valence-corrected chi connectivity index (χ3v) is 4.45. The van der Waals surface area contributed by atoms with Crippen LogP contribution in [0.3, 0.4) is 0 Å². The summed E-state index contributed by atoms with van der Waals surface area (Å²) in [5.74, 6) is 0.338. The highest BCUT2D eigenvalue weighted by molar-refractivity contribution is 6.30. The van der Waals surface area contributed by atoms with E-state index in [1.54, 1.807) is 0 Å². The van der Waals surface area contributed by atoms with Gasteiger partial charge in [0.2, 0.25) is 5.91 Å². The molecule has 1 heterocycles. The predicted octanol–water partition coefficient (Wildman–Crippen LogP) is 3.38. The first-order chi connectivity index (χ1) is 8.72. The van der Waals surface area contributed by atoms with Crippen molar-refractivity contribution in [1.29, 1.82) is 0 Å². The number of amides is 1. The van der Waals surface area contributed by atoms with E-state index in [1.165, 1.54) is 6.42 Å². The van der Waals surface area contributed by atoms with Gasteiger partial charge in [-0.15, -0.1) is 0 Å². The van der Waals surface area contributed by atoms with Gasteiger partial charge in [0.15, 0.2) is 0 Å². The maximum atomic E-state index is 12.7. The molecule has 1 saturated carbocycles. The van der Waals surface area contributed by atoms with Crippen molar-refractivity contribution in [2.24, 2.45) is 0 Å². The highest BCUT2D eigenvalue weighted by atomic mass is 35.5. The lowest BCUT2D eigenvalue weighted by Gasteiger charge is -2.30. The van der Waals surface area contributed by atoms with Crippen molar-refractivity contribution in [3.8, 4) is 0 Å². The third kappa shape index (κ3) is 2.03. The van der Waals surface area contributed by atoms with Gasteiger partial charge in [-0.1, -0.05) is 23.7 Å². The molecule has 1 aliphatic carbocycles. The highest BCUT2D eigenvalue weighted by Crippen LogP contribution is 2.50. The van der Waals surface area contributed by atoms with Crippen molar-refractivity contribution in [3.05, 3.63) is 34.9 Å². The average molecular weight is 264 g/mol. The lowest BCUT2D eigenvalue weighted by atomic mass is 9.93. The van der Waals surface area contributed by atoms with Crippen molar-refractivity contribution in [1.82, 2.24) is 4.90 Å². The number of carbonyl (C=O) groups excluding carboxylic acids is 1. The highest BCUT2D eigenvalue weighted by Gasteiger charge is 2.52. The molecule has 0 spiro atoms. The Bertz CT molecular complexity index is 444. The summed E-state index contributed by atoms with van der Waals surface area (Å²) in [7, 11) is 0. The van der Waals surface area contributed by atoms with Crippen molar-refractivity contribution < 1.29 is 4.79 Å². The molecule has 1 aromatic rings. The van der Waals surface area contributed by atoms with E-state index in [2.05, 4.69) is 4.90 Å². The number of hydrogen-bond donors (Lipinski definition) is 0. The van der Waals surface area contributed by atoms with Crippen LogP contribution in [0.2, 0.25) is 5.02 Å². The van der Waals surface area contributed by atoms with Gasteiger partial charge in [0, 0.05) is 18.1 Å². The first-order valence-corrected chi connectivity index (χ1v) is 7.16. The van der Waals surface area contributed by atoms with Gasteiger partial charge < -0.3 is 4.90 Å². The maximum Gasteiger partial charge on any atom is 0.233 e. The van der Waals surface area contributed by atoms with E-state index in [4.69, 9.17) is 11.6 Å². The Kier molecular flexibility index (Phi) is 3.06. The van der Waals surface area contributed by atoms with Crippen LogP contribution in [-0.4, -0.2) is 23.9 Å². The molecule has 2 fully saturated rings. The van der Waals surface area contributed by atoms with E-state index >= 15 is 0 Å². The second kappa shape index (κ2) is 4.58. The minimum Gasteiger partial charge on any atom is -0.342 e. The molecular formula is C15H18ClNO. The normalized spacial score (nSPS) is 21.7. The fourth-order valence-corrected chi connectivity index (χ4v) is 3.05. The molecule has 3 rings (SSSR count). The van der Waals surface area contributed by atoms with Crippen LogP contribution in [-0.2, 0) is 10.2 Å². The van der Waals surface area contributed by atoms with Crippen molar-refractivity contribution in [2.45, 2.75) is 37.5 Å². The lowest BCUT2D eigenvalue weighted by Crippen LogP contribution is -2.42. The van der Waals surface area contributed by atoms with Gasteiger partial charge in [-0.25, -0.2) is 0 Å². The molecule has 0 atom stereocenters. The number of likely N-dealkylation sites (tertiary alicyclic amines) is 1. The van der Waals surface area contributed by atoms with E-state index in [0.717, 1.165) is 49.4 Å². The summed E-state index contributed by atoms with van der Waals surface area (Å²) in [5.41, 5.74) is 0.921. The number of halogens is 1. The summed E-state index contributed by atoms with van der Waals surface area (Å²) in [6.07, 6.45) is 5.55. The van der Waals surface area contributed by atoms with Crippen LogP contribution in [0.1, 0.15) is 37.7 Å². The summed E-state index contributed by atoms with van der Waals surface area (Å²) >= 11 is 5.92. The van der Waals surface area contributed by atoms with Gasteiger partial charge in [0.05, 0.1) is 5.41 Å². The van der Waals surface area contributed by atoms with Crippen LogP contribution >= 0.6 is 11.6 Å². The number of nitrogens with zero attached hydrogens (tertiary/aromatic N) is 1. The summed E-state index contributed by atoms with van der Waals surface area (Å²) in [6, 6.07) is 7.80. The number of piperidine rings is 1. The Balaban J connectivity index is 1.81. The largest absolute Gasteiger partial charge is 0.342 e. The maximum absolute atomic E-state index is 12.7. The first-order valence-electron chi connectivity index (χ1n) is 6.78. The molecule has 2 nitrogen and oxygen atoms in total. The molecule has 18 heavy (non-hydrogen) atoms. The molecule has 1 aliphatic heterocycles. The smallest absolute Gasteiger partial charge is 0.233 e. The Morgan fingerprint density at radius 2 is 1.67 bits per heavy atom. The SMILES string of the molecule is O=C(N1CCCCC1)C1(c2ccc(Cl)cc2)CC1. The quantitative estimate of drug-likeness (QED) is 0.801. The molecule has 1 amide bonds. The standard InChI is InChI=1S/C15H18ClNO/c16-13-6-4-12(5-7-13)15(8-9-15)14(18)17-10-2-1-3-11-17/h4-7H,1-3,8-11H2. The second-order valence-corrected chi connectivity index (χ2v) is 5.88. The molecule has 0 radical (unpaired) electrons. The molecule has 3 heteroatoms. The van der Waals surface area contributed by atoms with Crippen LogP contribution in [0, 0.1) is 0 Å². The molecule has 0 unspecified atom stereocenters. The molecule has 0 bridgehead atoms. The number of carbonyl (C=O) groups is 1. The third-order valence-electron chi connectivity index (χ3n) is 4.20. The molecule has 1 aromatic carbocycles. The number of rotatable bonds is 2. The van der Waals surface area contributed by atoms with Gasteiger partial charge >= 0.3 is 0 Å². The van der Waals surface area contributed by atoms with Crippen LogP contribution < -0.4 is 0 Å². The van der Waals surface area contributed by atoms with Gasteiger partial charge in [-0.2, -0.15) is 0 Å². The minimum atomic E-state index is -0.220. The van der Waals surface area contributed by atoms with Crippen LogP contribution in [0.5, 0.6) is 0 Å². The first kappa shape index (κ1) is 12.0. The van der Waals surface area contributed by atoms with Crippen LogP contribution in [0.15, 0.2) is 24.3 Å². The van der Waals surface area contributed by atoms with E-state index < -0.39 is 0 Å². The molecule has 0 N–H and O–H groups in total. The summed E-state index contributed by atoms with van der Waals surface area (Å²) in [5, 5.41) is 0.736. The zero-order valence-electron chi connectivity index (χ0n) is 10.5. The molecule has 0 aromatic heterocycles. The van der Waals surface area contributed by atoms with Crippen LogP contribution in [0.4, 0.5) is 0 Å². The Morgan fingerprint density at radius 3 is 2.22 bits per heavy atom. The Morgan fingerprint density at radius 1 is 1.06 bits per heavy atom. The number of benzene rings is 1. The lowest BCUT2D eigenvalue weighted by molar-refractivity contribution is -0.134. The van der Waals surface area contributed by atoms with E-state index in [9.17, 15) is 4.79 Å². The molecule has 2 aliphatic rings. The van der Waals surface area contributed by atoms with Crippen molar-refractivity contribution >= 4 is 17.5 Å². The topological polar surface area (TPSA) is 20.3 Å². The molecule has 96 valence electrons. The van der Waals surface area contributed by atoms with Gasteiger partial charge in [-0.3, -0.25) is 4.79 Å². The second-order valence-electron chi connectivity index (χ2n) is 5.44. The van der Waals surface area contributed by atoms with Gasteiger partial charge in [0.25, 0.3) is 0 Å². The zero-order valence-corrected chi connectivity index (χ0v) is 11.2. The predicted molar refractivity (Wildman–Crippen MR) is 72.8 cm³/mol. The molecule has 1 saturated heterocycles. The average Bonchev–Trinajstić information content (AvgIpc) is 3.21. The molecular weight excluding hydrogens is 246 g/mol. The Labute approximate surface area is 113 Å². The van der Waals surface area contributed by atoms with Crippen LogP contribution in [0.25, 0.3) is 0 Å². The summed E-state index contributed by atoms with van der Waals surface area (Å²) in [4.78, 5) is 14.7. The summed E-state index contributed by atoms with van der Waals surface area (Å²) in [6.45, 7) is 1.88. The van der Waals surface area contributed by atoms with Gasteiger partial charge in [0.1, 0.15) is 0 Å². The van der Waals surface area contributed by atoms with E-state index in [1.807, 2.05) is 24.3 Å². The van der Waals surface area contributed by atoms with Gasteiger partial charge in [-0.05, 0) is 49.8 Å². The fraction of sp³-hybridized carbons (Fsp3) is 0.533. The monoisotopic (exact) mass is 263 g/mol. The summed E-state index contributed by atoms with van der Waals surface area (Å²) < 4.78 is 0. The Hall–Kier alpha value is -1.02. The van der Waals surface area contributed by atoms with E-state index in [0.29, 0.717) is 5.91 Å². The van der Waals surface area contributed by atoms with Crippen molar-refractivity contribution in [2.75, 3.05) is 13.1 Å².